The van der Waals surface area contributed by atoms with Crippen LogP contribution in [0.5, 0.6) is 0 Å². The lowest BCUT2D eigenvalue weighted by Gasteiger charge is -2.28. The number of aromatic nitrogens is 1. The summed E-state index contributed by atoms with van der Waals surface area (Å²) in [6.45, 7) is 5.05. The van der Waals surface area contributed by atoms with Crippen LogP contribution in [0.25, 0.3) is 11.0 Å². The van der Waals surface area contributed by atoms with E-state index >= 15 is 0 Å². The highest BCUT2D eigenvalue weighted by atomic mass is 16.5. The molecule has 0 atom stereocenters. The normalized spacial score (nSPS) is 16.6. The fraction of sp³-hybridized carbons (Fsp3) is 0.452. The molecule has 0 spiro atoms. The minimum absolute atomic E-state index is 0.0648. The van der Waals surface area contributed by atoms with Crippen molar-refractivity contribution in [1.82, 2.24) is 14.8 Å². The fourth-order valence-electron chi connectivity index (χ4n) is 5.17. The first-order chi connectivity index (χ1) is 20.1. The molecule has 1 saturated carbocycles. The van der Waals surface area contributed by atoms with Crippen LogP contribution in [-0.2, 0) is 14.3 Å². The summed E-state index contributed by atoms with van der Waals surface area (Å²) in [7, 11) is 5.14. The lowest BCUT2D eigenvalue weighted by molar-refractivity contribution is -0.135. The number of fused-ring (bicyclic) bond motifs is 1. The minimum Gasteiger partial charge on any atom is -0.449 e. The van der Waals surface area contributed by atoms with Gasteiger partial charge >= 0.3 is 0 Å². The van der Waals surface area contributed by atoms with E-state index in [1.807, 2.05) is 19.9 Å². The highest BCUT2D eigenvalue weighted by molar-refractivity contribution is 6.19. The van der Waals surface area contributed by atoms with E-state index in [1.54, 1.807) is 56.5 Å². The Bertz CT molecular complexity index is 1440. The van der Waals surface area contributed by atoms with Gasteiger partial charge in [0.25, 0.3) is 11.8 Å². The van der Waals surface area contributed by atoms with Crippen LogP contribution in [0.1, 0.15) is 59.1 Å². The molecule has 42 heavy (non-hydrogen) atoms. The Labute approximate surface area is 245 Å². The Morgan fingerprint density at radius 3 is 2.36 bits per heavy atom. The predicted octanol–water partition coefficient (Wildman–Crippen LogP) is 4.33. The van der Waals surface area contributed by atoms with Gasteiger partial charge in [0.1, 0.15) is 17.1 Å². The van der Waals surface area contributed by atoms with Crippen LogP contribution in [0.4, 0.5) is 11.5 Å². The third-order valence-corrected chi connectivity index (χ3v) is 7.56. The number of anilines is 2. The first kappa shape index (κ1) is 30.7. The van der Waals surface area contributed by atoms with E-state index in [0.717, 1.165) is 5.56 Å². The number of nitrogens with one attached hydrogen (secondary N) is 2. The lowest BCUT2D eigenvalue weighted by Crippen LogP contribution is -2.35. The van der Waals surface area contributed by atoms with Crippen molar-refractivity contribution >= 4 is 46.1 Å². The van der Waals surface area contributed by atoms with E-state index < -0.39 is 5.91 Å². The van der Waals surface area contributed by atoms with Gasteiger partial charge in [0.2, 0.25) is 17.6 Å². The van der Waals surface area contributed by atoms with Crippen LogP contribution < -0.4 is 10.6 Å². The summed E-state index contributed by atoms with van der Waals surface area (Å²) >= 11 is 0. The second-order valence-corrected chi connectivity index (χ2v) is 10.9. The second kappa shape index (κ2) is 13.6. The number of benzene rings is 1. The molecule has 4 rings (SSSR count). The molecule has 2 N–H and O–H groups in total. The largest absolute Gasteiger partial charge is 0.449 e. The molecule has 1 fully saturated rings. The van der Waals surface area contributed by atoms with E-state index in [9.17, 15) is 19.2 Å². The van der Waals surface area contributed by atoms with Crippen molar-refractivity contribution in [3.05, 3.63) is 53.4 Å². The SMILES string of the molecule is CCOCCN(C)C(=O)c1cccc2oc(C(=O)Nc3ccc(C)cn3)c(NC(=O)C3CCC(C(=O)N(C)C)CC3)c12. The Balaban J connectivity index is 1.67. The van der Waals surface area contributed by atoms with Gasteiger partial charge in [-0.25, -0.2) is 4.98 Å². The summed E-state index contributed by atoms with van der Waals surface area (Å²) < 4.78 is 11.4. The number of likely N-dealkylation sites (N-methyl/N-ethyl adjacent to an activating group) is 1. The zero-order valence-corrected chi connectivity index (χ0v) is 24.9. The molecule has 1 aliphatic rings. The molecule has 1 aromatic carbocycles. The summed E-state index contributed by atoms with van der Waals surface area (Å²) in [6.07, 6.45) is 3.90. The molecule has 11 heteroatoms. The van der Waals surface area contributed by atoms with Crippen LogP contribution in [-0.4, -0.2) is 79.3 Å². The van der Waals surface area contributed by atoms with E-state index in [2.05, 4.69) is 15.6 Å². The quantitative estimate of drug-likeness (QED) is 0.343. The second-order valence-electron chi connectivity index (χ2n) is 10.9. The van der Waals surface area contributed by atoms with Crippen LogP contribution in [0.15, 0.2) is 40.9 Å². The van der Waals surface area contributed by atoms with Crippen LogP contribution >= 0.6 is 0 Å². The van der Waals surface area contributed by atoms with Gasteiger partial charge < -0.3 is 29.6 Å². The van der Waals surface area contributed by atoms with Gasteiger partial charge in [0.05, 0.1) is 17.6 Å². The van der Waals surface area contributed by atoms with Gasteiger partial charge in [0.15, 0.2) is 0 Å². The molecule has 1 aliphatic carbocycles. The number of hydrogen-bond acceptors (Lipinski definition) is 7. The summed E-state index contributed by atoms with van der Waals surface area (Å²) in [5.74, 6) is -1.41. The molecule has 0 bridgehead atoms. The molecule has 0 unspecified atom stereocenters. The van der Waals surface area contributed by atoms with Crippen LogP contribution in [0, 0.1) is 18.8 Å². The maximum Gasteiger partial charge on any atom is 0.294 e. The average Bonchev–Trinajstić information content (AvgIpc) is 3.36. The third kappa shape index (κ3) is 6.96. The zero-order valence-electron chi connectivity index (χ0n) is 24.9. The van der Waals surface area contributed by atoms with Gasteiger partial charge in [0, 0.05) is 52.3 Å². The number of carbonyl (C=O) groups is 4. The van der Waals surface area contributed by atoms with E-state index in [4.69, 9.17) is 9.15 Å². The molecule has 224 valence electrons. The Kier molecular flexibility index (Phi) is 9.95. The fourth-order valence-corrected chi connectivity index (χ4v) is 5.17. The summed E-state index contributed by atoms with van der Waals surface area (Å²) in [4.78, 5) is 60.3. The van der Waals surface area contributed by atoms with Gasteiger partial charge in [-0.2, -0.15) is 0 Å². The van der Waals surface area contributed by atoms with Gasteiger partial charge in [-0.15, -0.1) is 0 Å². The molecule has 0 radical (unpaired) electrons. The lowest BCUT2D eigenvalue weighted by atomic mass is 9.81. The highest BCUT2D eigenvalue weighted by Crippen LogP contribution is 2.37. The number of pyridine rings is 1. The van der Waals surface area contributed by atoms with E-state index in [0.29, 0.717) is 62.2 Å². The predicted molar refractivity (Wildman–Crippen MR) is 159 cm³/mol. The topological polar surface area (TPSA) is 134 Å². The van der Waals surface area contributed by atoms with Gasteiger partial charge in [-0.1, -0.05) is 12.1 Å². The number of hydrogen-bond donors (Lipinski definition) is 2. The first-order valence-corrected chi connectivity index (χ1v) is 14.2. The molecule has 3 aromatic rings. The maximum absolute atomic E-state index is 13.6. The minimum atomic E-state index is -0.610. The van der Waals surface area contributed by atoms with Crippen molar-refractivity contribution in [1.29, 1.82) is 0 Å². The summed E-state index contributed by atoms with van der Waals surface area (Å²) in [6, 6.07) is 8.46. The number of rotatable bonds is 10. The molecular weight excluding hydrogens is 538 g/mol. The van der Waals surface area contributed by atoms with Crippen LogP contribution in [0.3, 0.4) is 0 Å². The monoisotopic (exact) mass is 577 g/mol. The number of amides is 4. The number of furan rings is 1. The molecule has 4 amide bonds. The van der Waals surface area contributed by atoms with Crippen LogP contribution in [0.2, 0.25) is 0 Å². The van der Waals surface area contributed by atoms with Crippen molar-refractivity contribution in [3.63, 3.8) is 0 Å². The maximum atomic E-state index is 13.6. The molecule has 0 aliphatic heterocycles. The molecule has 0 saturated heterocycles. The molecule has 11 nitrogen and oxygen atoms in total. The molecular formula is C31H39N5O6. The Morgan fingerprint density at radius 2 is 1.71 bits per heavy atom. The van der Waals surface area contributed by atoms with Crippen molar-refractivity contribution in [2.75, 3.05) is 51.5 Å². The standard InChI is InChI=1S/C31H39N5O6/c1-6-41-17-16-36(5)31(40)22-8-7-9-23-25(22)26(27(42-23)29(38)33-24-15-10-19(2)18-32-24)34-28(37)20-11-13-21(14-12-20)30(39)35(3)4/h7-10,15,18,20-21H,6,11-14,16-17H2,1-5H3,(H,34,37)(H,32,33,38). The van der Waals surface area contributed by atoms with Gasteiger partial charge in [-0.3, -0.25) is 19.2 Å². The number of nitrogens with zero attached hydrogens (tertiary/aromatic N) is 3. The van der Waals surface area contributed by atoms with Crippen molar-refractivity contribution in [2.45, 2.75) is 39.5 Å². The number of aryl methyl sites for hydroxylation is 1. The summed E-state index contributed by atoms with van der Waals surface area (Å²) in [5, 5.41) is 6.00. The highest BCUT2D eigenvalue weighted by Gasteiger charge is 2.33. The van der Waals surface area contributed by atoms with E-state index in [-0.39, 0.29) is 46.6 Å². The zero-order chi connectivity index (χ0) is 30.4. The summed E-state index contributed by atoms with van der Waals surface area (Å²) in [5.41, 5.74) is 1.64. The number of carbonyl (C=O) groups excluding carboxylic acids is 4. The molecule has 2 heterocycles. The Morgan fingerprint density at radius 1 is 1.00 bits per heavy atom. The van der Waals surface area contributed by atoms with Gasteiger partial charge in [-0.05, 0) is 63.3 Å². The van der Waals surface area contributed by atoms with E-state index in [1.165, 1.54) is 4.90 Å². The molecule has 2 aromatic heterocycles. The average molecular weight is 578 g/mol. The van der Waals surface area contributed by atoms with Crippen molar-refractivity contribution in [3.8, 4) is 0 Å². The Hall–Kier alpha value is -4.25. The van der Waals surface area contributed by atoms with Crippen molar-refractivity contribution in [2.24, 2.45) is 11.8 Å². The third-order valence-electron chi connectivity index (χ3n) is 7.56. The van der Waals surface area contributed by atoms with Crippen molar-refractivity contribution < 1.29 is 28.3 Å². The first-order valence-electron chi connectivity index (χ1n) is 14.2. The number of ether oxygens (including phenoxy) is 1. The smallest absolute Gasteiger partial charge is 0.294 e.